The summed E-state index contributed by atoms with van der Waals surface area (Å²) >= 11 is 0. The van der Waals surface area contributed by atoms with Gasteiger partial charge in [0.25, 0.3) is 0 Å². The molecule has 0 heterocycles. The number of hydrogen-bond acceptors (Lipinski definition) is 2. The maximum atomic E-state index is 11.2. The lowest BCUT2D eigenvalue weighted by atomic mass is 10.1. The first-order valence-corrected chi connectivity index (χ1v) is 3.50. The third-order valence-corrected chi connectivity index (χ3v) is 1.86. The summed E-state index contributed by atoms with van der Waals surface area (Å²) in [4.78, 5) is 11.2. The molecule has 56 valence electrons. The molecule has 0 aliphatic heterocycles. The first-order chi connectivity index (χ1) is 5.20. The molecule has 0 fully saturated rings. The van der Waals surface area contributed by atoms with Gasteiger partial charge in [-0.05, 0) is 25.8 Å². The Balaban J connectivity index is 3.08. The van der Waals surface area contributed by atoms with Crippen LogP contribution in [0.2, 0.25) is 0 Å². The second kappa shape index (κ2) is 2.71. The van der Waals surface area contributed by atoms with Crippen molar-refractivity contribution in [1.29, 1.82) is 5.26 Å². The fraction of sp³-hybridized carbons (Fsp3) is 0.333. The highest BCUT2D eigenvalue weighted by Gasteiger charge is 2.24. The van der Waals surface area contributed by atoms with Crippen LogP contribution in [0.4, 0.5) is 0 Å². The fourth-order valence-corrected chi connectivity index (χ4v) is 1.19. The SMILES string of the molecule is C/C=C1/CC(C)=C(C#N)C1=O. The molecule has 0 unspecified atom stereocenters. The van der Waals surface area contributed by atoms with Crippen molar-refractivity contribution in [3.8, 4) is 6.07 Å². The Hall–Kier alpha value is -1.36. The van der Waals surface area contributed by atoms with Crippen LogP contribution >= 0.6 is 0 Å². The van der Waals surface area contributed by atoms with E-state index in [1.54, 1.807) is 6.08 Å². The van der Waals surface area contributed by atoms with E-state index < -0.39 is 0 Å². The largest absolute Gasteiger partial charge is 0.288 e. The molecule has 0 N–H and O–H groups in total. The predicted octanol–water partition coefficient (Wildman–Crippen LogP) is 1.75. The van der Waals surface area contributed by atoms with Crippen molar-refractivity contribution in [2.24, 2.45) is 0 Å². The molecular weight excluding hydrogens is 138 g/mol. The van der Waals surface area contributed by atoms with Crippen molar-refractivity contribution in [3.63, 3.8) is 0 Å². The Morgan fingerprint density at radius 1 is 1.64 bits per heavy atom. The molecule has 0 saturated heterocycles. The zero-order chi connectivity index (χ0) is 8.43. The van der Waals surface area contributed by atoms with Crippen LogP contribution in [0.5, 0.6) is 0 Å². The highest BCUT2D eigenvalue weighted by molar-refractivity contribution is 6.14. The molecule has 0 bridgehead atoms. The zero-order valence-electron chi connectivity index (χ0n) is 6.64. The molecule has 0 atom stereocenters. The van der Waals surface area contributed by atoms with Crippen molar-refractivity contribution < 1.29 is 4.79 Å². The second-order valence-electron chi connectivity index (χ2n) is 2.59. The van der Waals surface area contributed by atoms with Crippen LogP contribution in [0.3, 0.4) is 0 Å². The third kappa shape index (κ3) is 1.10. The summed E-state index contributed by atoms with van der Waals surface area (Å²) in [6.45, 7) is 3.65. The van der Waals surface area contributed by atoms with Crippen LogP contribution < -0.4 is 0 Å². The quantitative estimate of drug-likeness (QED) is 0.490. The first-order valence-electron chi connectivity index (χ1n) is 3.50. The van der Waals surface area contributed by atoms with Gasteiger partial charge in [0.1, 0.15) is 6.07 Å². The van der Waals surface area contributed by atoms with Gasteiger partial charge in [-0.3, -0.25) is 4.79 Å². The number of nitrogens with zero attached hydrogens (tertiary/aromatic N) is 1. The molecule has 0 aromatic carbocycles. The number of Topliss-reactive ketones (excluding diaryl/α,β-unsaturated/α-hetero) is 1. The average Bonchev–Trinajstić information content (AvgIpc) is 2.26. The highest BCUT2D eigenvalue weighted by Crippen LogP contribution is 2.26. The van der Waals surface area contributed by atoms with E-state index in [2.05, 4.69) is 0 Å². The summed E-state index contributed by atoms with van der Waals surface area (Å²) in [5.74, 6) is -0.0903. The van der Waals surface area contributed by atoms with E-state index in [1.807, 2.05) is 19.9 Å². The Labute approximate surface area is 65.8 Å². The minimum absolute atomic E-state index is 0.0903. The van der Waals surface area contributed by atoms with Crippen molar-refractivity contribution in [2.45, 2.75) is 20.3 Å². The Kier molecular flexibility index (Phi) is 1.91. The maximum Gasteiger partial charge on any atom is 0.199 e. The molecule has 2 nitrogen and oxygen atoms in total. The average molecular weight is 147 g/mol. The van der Waals surface area contributed by atoms with Gasteiger partial charge in [0.2, 0.25) is 0 Å². The smallest absolute Gasteiger partial charge is 0.199 e. The molecule has 1 aliphatic rings. The maximum absolute atomic E-state index is 11.2. The van der Waals surface area contributed by atoms with Crippen molar-refractivity contribution in [2.75, 3.05) is 0 Å². The molecule has 0 spiro atoms. The lowest BCUT2D eigenvalue weighted by Gasteiger charge is -1.88. The summed E-state index contributed by atoms with van der Waals surface area (Å²) in [7, 11) is 0. The number of rotatable bonds is 0. The number of carbonyl (C=O) groups excluding carboxylic acids is 1. The topological polar surface area (TPSA) is 40.9 Å². The van der Waals surface area contributed by atoms with E-state index in [0.717, 1.165) is 11.1 Å². The van der Waals surface area contributed by atoms with Crippen molar-refractivity contribution >= 4 is 5.78 Å². The van der Waals surface area contributed by atoms with Gasteiger partial charge in [0.15, 0.2) is 5.78 Å². The van der Waals surface area contributed by atoms with Gasteiger partial charge >= 0.3 is 0 Å². The molecule has 0 aromatic heterocycles. The van der Waals surface area contributed by atoms with Gasteiger partial charge in [-0.2, -0.15) is 5.26 Å². The molecule has 0 aromatic rings. The van der Waals surface area contributed by atoms with Crippen LogP contribution in [0.15, 0.2) is 22.8 Å². The normalized spacial score (nSPS) is 21.2. The molecular formula is C9H9NO. The van der Waals surface area contributed by atoms with E-state index in [0.29, 0.717) is 12.0 Å². The van der Waals surface area contributed by atoms with Crippen LogP contribution in [0.1, 0.15) is 20.3 Å². The summed E-state index contributed by atoms with van der Waals surface area (Å²) in [5.41, 5.74) is 1.97. The monoisotopic (exact) mass is 147 g/mol. The summed E-state index contributed by atoms with van der Waals surface area (Å²) in [6.07, 6.45) is 2.42. The van der Waals surface area contributed by atoms with E-state index in [4.69, 9.17) is 5.26 Å². The molecule has 1 rings (SSSR count). The Morgan fingerprint density at radius 2 is 2.27 bits per heavy atom. The Morgan fingerprint density at radius 3 is 2.55 bits per heavy atom. The van der Waals surface area contributed by atoms with Crippen molar-refractivity contribution in [3.05, 3.63) is 22.8 Å². The molecule has 11 heavy (non-hydrogen) atoms. The molecule has 0 radical (unpaired) electrons. The minimum atomic E-state index is -0.0903. The van der Waals surface area contributed by atoms with Gasteiger partial charge in [-0.1, -0.05) is 6.08 Å². The number of allylic oxidation sites excluding steroid dienone is 4. The van der Waals surface area contributed by atoms with Gasteiger partial charge in [-0.25, -0.2) is 0 Å². The fourth-order valence-electron chi connectivity index (χ4n) is 1.19. The second-order valence-corrected chi connectivity index (χ2v) is 2.59. The van der Waals surface area contributed by atoms with E-state index in [9.17, 15) is 4.79 Å². The molecule has 1 aliphatic carbocycles. The zero-order valence-corrected chi connectivity index (χ0v) is 6.64. The van der Waals surface area contributed by atoms with Crippen LogP contribution in [0.25, 0.3) is 0 Å². The van der Waals surface area contributed by atoms with Gasteiger partial charge in [0, 0.05) is 5.57 Å². The number of carbonyl (C=O) groups is 1. The standard InChI is InChI=1S/C9H9NO/c1-3-7-4-6(2)8(5-10)9(7)11/h3H,4H2,1-2H3/b7-3-. The third-order valence-electron chi connectivity index (χ3n) is 1.86. The van der Waals surface area contributed by atoms with Crippen LogP contribution in [-0.2, 0) is 4.79 Å². The highest BCUT2D eigenvalue weighted by atomic mass is 16.1. The lowest BCUT2D eigenvalue weighted by molar-refractivity contribution is -0.111. The lowest BCUT2D eigenvalue weighted by Crippen LogP contribution is -1.96. The van der Waals surface area contributed by atoms with Crippen LogP contribution in [0, 0.1) is 11.3 Å². The number of ketones is 1. The molecule has 2 heteroatoms. The van der Waals surface area contributed by atoms with Gasteiger partial charge < -0.3 is 0 Å². The van der Waals surface area contributed by atoms with E-state index in [-0.39, 0.29) is 5.78 Å². The first kappa shape index (κ1) is 7.74. The van der Waals surface area contributed by atoms with E-state index >= 15 is 0 Å². The van der Waals surface area contributed by atoms with Crippen molar-refractivity contribution in [1.82, 2.24) is 0 Å². The van der Waals surface area contributed by atoms with Gasteiger partial charge in [0.05, 0.1) is 5.57 Å². The Bertz CT molecular complexity index is 302. The van der Waals surface area contributed by atoms with E-state index in [1.165, 1.54) is 0 Å². The molecule has 0 saturated carbocycles. The number of nitriles is 1. The summed E-state index contributed by atoms with van der Waals surface area (Å²) in [5, 5.41) is 8.56. The minimum Gasteiger partial charge on any atom is -0.288 e. The molecule has 0 amide bonds. The van der Waals surface area contributed by atoms with Gasteiger partial charge in [-0.15, -0.1) is 0 Å². The van der Waals surface area contributed by atoms with Crippen LogP contribution in [-0.4, -0.2) is 5.78 Å². The summed E-state index contributed by atoms with van der Waals surface area (Å²) in [6, 6.07) is 1.92. The number of hydrogen-bond donors (Lipinski definition) is 0. The summed E-state index contributed by atoms with van der Waals surface area (Å²) < 4.78 is 0. The predicted molar refractivity (Wildman–Crippen MR) is 41.7 cm³/mol.